The highest BCUT2D eigenvalue weighted by molar-refractivity contribution is 7.09. The van der Waals surface area contributed by atoms with E-state index in [4.69, 9.17) is 0 Å². The first-order valence-electron chi connectivity index (χ1n) is 10.1. The molecule has 2 heterocycles. The molecule has 0 saturated carbocycles. The van der Waals surface area contributed by atoms with E-state index in [0.29, 0.717) is 0 Å². The van der Waals surface area contributed by atoms with Gasteiger partial charge in [-0.15, -0.1) is 11.3 Å². The van der Waals surface area contributed by atoms with Crippen LogP contribution < -0.4 is 16.0 Å². The summed E-state index contributed by atoms with van der Waals surface area (Å²) in [6.07, 6.45) is -9.55. The summed E-state index contributed by atoms with van der Waals surface area (Å²) in [4.78, 5) is 39.7. The molecule has 1 atom stereocenters. The molecular formula is C22H13F7N4O3S. The molecule has 4 rings (SSSR count). The van der Waals surface area contributed by atoms with Crippen LogP contribution in [0.5, 0.6) is 0 Å². The van der Waals surface area contributed by atoms with Crippen LogP contribution in [0.2, 0.25) is 0 Å². The number of halogens is 7. The Morgan fingerprint density at radius 1 is 1.00 bits per heavy atom. The average molecular weight is 546 g/mol. The maximum absolute atomic E-state index is 14.0. The molecule has 1 unspecified atom stereocenters. The summed E-state index contributed by atoms with van der Waals surface area (Å²) in [5.74, 6) is -3.18. The van der Waals surface area contributed by atoms with Gasteiger partial charge in [-0.1, -0.05) is 18.2 Å². The number of hydrogen-bond donors (Lipinski definition) is 3. The summed E-state index contributed by atoms with van der Waals surface area (Å²) in [6, 6.07) is 5.37. The fraction of sp³-hybridized carbons (Fsp3) is 0.182. The number of urea groups is 1. The molecule has 15 heteroatoms. The van der Waals surface area contributed by atoms with Crippen LogP contribution in [0.15, 0.2) is 48.0 Å². The van der Waals surface area contributed by atoms with Crippen molar-refractivity contribution in [3.05, 3.63) is 75.5 Å². The highest BCUT2D eigenvalue weighted by atomic mass is 32.1. The quantitative estimate of drug-likeness (QED) is 0.325. The lowest BCUT2D eigenvalue weighted by Gasteiger charge is -2.26. The topological polar surface area (TPSA) is 100 Å². The van der Waals surface area contributed by atoms with Crippen LogP contribution >= 0.6 is 11.3 Å². The molecule has 1 aliphatic heterocycles. The second kappa shape index (κ2) is 9.14. The Bertz CT molecular complexity index is 1390. The van der Waals surface area contributed by atoms with Gasteiger partial charge in [-0.3, -0.25) is 14.9 Å². The third kappa shape index (κ3) is 4.98. The average Bonchev–Trinajstić information content (AvgIpc) is 3.42. The van der Waals surface area contributed by atoms with Crippen LogP contribution in [0.1, 0.15) is 26.5 Å². The molecule has 1 saturated heterocycles. The molecule has 1 fully saturated rings. The Morgan fingerprint density at radius 2 is 1.68 bits per heavy atom. The highest BCUT2D eigenvalue weighted by Gasteiger charge is 2.54. The monoisotopic (exact) mass is 546 g/mol. The molecule has 194 valence electrons. The lowest BCUT2D eigenvalue weighted by Crippen LogP contribution is -2.53. The third-order valence-corrected chi connectivity index (χ3v) is 6.31. The Morgan fingerprint density at radius 3 is 2.24 bits per heavy atom. The molecule has 3 N–H and O–H groups in total. The summed E-state index contributed by atoms with van der Waals surface area (Å²) < 4.78 is 93.2. The summed E-state index contributed by atoms with van der Waals surface area (Å²) in [6.45, 7) is -0.904. The normalized spacial score (nSPS) is 17.9. The van der Waals surface area contributed by atoms with Gasteiger partial charge in [-0.2, -0.15) is 26.3 Å². The van der Waals surface area contributed by atoms with Gasteiger partial charge >= 0.3 is 18.4 Å². The predicted molar refractivity (Wildman–Crippen MR) is 115 cm³/mol. The zero-order valence-corrected chi connectivity index (χ0v) is 18.9. The van der Waals surface area contributed by atoms with E-state index in [1.807, 2.05) is 5.32 Å². The summed E-state index contributed by atoms with van der Waals surface area (Å²) >= 11 is 0.170. The van der Waals surface area contributed by atoms with Gasteiger partial charge in [0.15, 0.2) is 5.54 Å². The first-order chi connectivity index (χ1) is 17.2. The molecule has 1 aliphatic rings. The number of nitrogens with one attached hydrogen (secondary N) is 3. The lowest BCUT2D eigenvalue weighted by atomic mass is 9.93. The Balaban J connectivity index is 1.68. The van der Waals surface area contributed by atoms with Gasteiger partial charge in [0.05, 0.1) is 23.2 Å². The molecule has 0 aliphatic carbocycles. The van der Waals surface area contributed by atoms with Gasteiger partial charge in [-0.25, -0.2) is 14.2 Å². The number of carbonyl (C=O) groups excluding carboxylic acids is 3. The largest absolute Gasteiger partial charge is 0.427 e. The van der Waals surface area contributed by atoms with Crippen LogP contribution in [0, 0.1) is 5.82 Å². The van der Waals surface area contributed by atoms with E-state index in [2.05, 4.69) is 15.6 Å². The van der Waals surface area contributed by atoms with Crippen LogP contribution in [0.3, 0.4) is 0 Å². The van der Waals surface area contributed by atoms with E-state index in [0.717, 1.165) is 48.0 Å². The minimum Gasteiger partial charge on any atom is -0.349 e. The Kier molecular flexibility index (Phi) is 6.44. The summed E-state index contributed by atoms with van der Waals surface area (Å²) in [5, 5.41) is 6.08. The van der Waals surface area contributed by atoms with Crippen molar-refractivity contribution in [1.29, 1.82) is 0 Å². The zero-order valence-electron chi connectivity index (χ0n) is 18.1. The van der Waals surface area contributed by atoms with Crippen molar-refractivity contribution in [3.8, 4) is 11.1 Å². The maximum Gasteiger partial charge on any atom is 0.427 e. The van der Waals surface area contributed by atoms with Crippen molar-refractivity contribution in [2.75, 3.05) is 6.54 Å². The number of rotatable bonds is 5. The molecule has 3 aromatic rings. The van der Waals surface area contributed by atoms with Gasteiger partial charge in [-0.05, 0) is 35.4 Å². The molecule has 37 heavy (non-hydrogen) atoms. The van der Waals surface area contributed by atoms with E-state index in [1.54, 1.807) is 0 Å². The van der Waals surface area contributed by atoms with E-state index >= 15 is 0 Å². The van der Waals surface area contributed by atoms with Gasteiger partial charge in [0.25, 0.3) is 11.8 Å². The third-order valence-electron chi connectivity index (χ3n) is 5.43. The van der Waals surface area contributed by atoms with Crippen molar-refractivity contribution < 1.29 is 45.1 Å². The number of carbonyl (C=O) groups is 3. The Labute approximate surface area is 206 Å². The Hall–Kier alpha value is -4.01. The number of alkyl halides is 6. The zero-order chi connectivity index (χ0) is 27.2. The van der Waals surface area contributed by atoms with E-state index in [1.165, 1.54) is 0 Å². The first-order valence-corrected chi connectivity index (χ1v) is 11.0. The van der Waals surface area contributed by atoms with E-state index in [9.17, 15) is 45.1 Å². The van der Waals surface area contributed by atoms with Crippen LogP contribution in [0.25, 0.3) is 11.1 Å². The van der Waals surface area contributed by atoms with E-state index < -0.39 is 64.2 Å². The summed E-state index contributed by atoms with van der Waals surface area (Å²) in [7, 11) is 0. The predicted octanol–water partition coefficient (Wildman–Crippen LogP) is 4.45. The van der Waals surface area contributed by atoms with Crippen molar-refractivity contribution in [2.24, 2.45) is 0 Å². The van der Waals surface area contributed by atoms with Crippen LogP contribution in [-0.4, -0.2) is 29.4 Å². The fourth-order valence-electron chi connectivity index (χ4n) is 3.72. The van der Waals surface area contributed by atoms with Crippen molar-refractivity contribution in [1.82, 2.24) is 20.9 Å². The van der Waals surface area contributed by atoms with Crippen molar-refractivity contribution in [2.45, 2.75) is 17.9 Å². The molecular weight excluding hydrogens is 533 g/mol. The smallest absolute Gasteiger partial charge is 0.349 e. The minimum absolute atomic E-state index is 0.00576. The highest BCUT2D eigenvalue weighted by Crippen LogP contribution is 2.40. The van der Waals surface area contributed by atoms with Crippen molar-refractivity contribution >= 4 is 29.2 Å². The number of nitrogens with zero attached hydrogens (tertiary/aromatic N) is 1. The van der Waals surface area contributed by atoms with Gasteiger partial charge in [0.2, 0.25) is 0 Å². The number of thiazole rings is 1. The molecule has 2 aromatic carbocycles. The molecule has 0 radical (unpaired) electrons. The molecule has 0 bridgehead atoms. The maximum atomic E-state index is 14.0. The number of aromatic nitrogens is 1. The molecule has 1 aromatic heterocycles. The number of imide groups is 1. The van der Waals surface area contributed by atoms with E-state index in [-0.39, 0.29) is 28.0 Å². The SMILES string of the molecule is O=C1NC(=O)C(CNC(=O)c2cc(F)ccc2-c2ccc(C(F)(F)F)cc2)(c2ncsc2C(F)(F)F)N1. The number of hydrogen-bond acceptors (Lipinski definition) is 5. The molecule has 0 spiro atoms. The summed E-state index contributed by atoms with van der Waals surface area (Å²) in [5.41, 5.74) is -3.69. The number of benzene rings is 2. The molecule has 7 nitrogen and oxygen atoms in total. The minimum atomic E-state index is -4.93. The second-order valence-corrected chi connectivity index (χ2v) is 8.64. The standard InChI is InChI=1S/C22H13F7N4O3S/c23-12-5-6-13(10-1-3-11(4-2-10)21(24,25)26)14(7-12)17(34)30-8-20(18(35)32-19(36)33-20)15-16(22(27,28)29)37-9-31-15/h1-7,9H,8H2,(H,30,34)(H2,32,33,35,36). The van der Waals surface area contributed by atoms with Gasteiger partial charge in [0, 0.05) is 0 Å². The first kappa shape index (κ1) is 26.1. The van der Waals surface area contributed by atoms with Gasteiger partial charge < -0.3 is 10.6 Å². The van der Waals surface area contributed by atoms with Crippen molar-refractivity contribution in [3.63, 3.8) is 0 Å². The lowest BCUT2D eigenvalue weighted by molar-refractivity contribution is -0.138. The van der Waals surface area contributed by atoms with Gasteiger partial charge in [0.1, 0.15) is 16.4 Å². The second-order valence-electron chi connectivity index (χ2n) is 7.79. The van der Waals surface area contributed by atoms with Crippen LogP contribution in [0.4, 0.5) is 35.5 Å². The molecule has 4 amide bonds. The fourth-order valence-corrected chi connectivity index (χ4v) is 4.46. The number of amides is 4. The van der Waals surface area contributed by atoms with Crippen LogP contribution in [-0.2, 0) is 22.7 Å².